The van der Waals surface area contributed by atoms with Crippen LogP contribution in [0.2, 0.25) is 0 Å². The van der Waals surface area contributed by atoms with Crippen LogP contribution in [0.25, 0.3) is 10.2 Å². The first-order chi connectivity index (χ1) is 38.0. The summed E-state index contributed by atoms with van der Waals surface area (Å²) >= 11 is 1.43. The molecule has 0 atom stereocenters. The minimum absolute atomic E-state index is 0.211. The molecular weight excluding hydrogens is 1020 g/mol. The number of thiazole rings is 1. The van der Waals surface area contributed by atoms with Crippen molar-refractivity contribution in [1.82, 2.24) is 4.98 Å². The molecule has 0 radical (unpaired) electrons. The van der Waals surface area contributed by atoms with Crippen LogP contribution in [0.1, 0.15) is 108 Å². The average Bonchev–Trinajstić information content (AvgIpc) is 3.90. The summed E-state index contributed by atoms with van der Waals surface area (Å²) in [5, 5.41) is 4.95. The van der Waals surface area contributed by atoms with E-state index in [2.05, 4.69) is 28.7 Å². The van der Waals surface area contributed by atoms with Crippen LogP contribution in [0.4, 0.5) is 5.13 Å². The lowest BCUT2D eigenvalue weighted by atomic mass is 9.82. The van der Waals surface area contributed by atoms with Crippen molar-refractivity contribution in [3.05, 3.63) is 122 Å². The second-order valence-corrected chi connectivity index (χ2v) is 20.1. The Bertz CT molecular complexity index is 2800. The van der Waals surface area contributed by atoms with E-state index in [0.717, 1.165) is 73.7 Å². The molecule has 0 aliphatic heterocycles. The van der Waals surface area contributed by atoms with Crippen LogP contribution in [-0.2, 0) is 38.2 Å². The normalized spacial score (nSPS) is 17.0. The van der Waals surface area contributed by atoms with E-state index in [1.165, 1.54) is 17.6 Å². The van der Waals surface area contributed by atoms with Crippen LogP contribution >= 0.6 is 11.3 Å². The van der Waals surface area contributed by atoms with Gasteiger partial charge in [-0.1, -0.05) is 36.6 Å². The number of nitrogens with zero attached hydrogens (tertiary/aromatic N) is 2. The molecule has 17 nitrogen and oxygen atoms in total. The Kier molecular flexibility index (Phi) is 22.8. The minimum atomic E-state index is -0.460. The molecule has 4 aromatic carbocycles. The average molecular weight is 1090 g/mol. The van der Waals surface area contributed by atoms with Gasteiger partial charge in [-0.05, 0) is 182 Å². The maximum Gasteiger partial charge on any atom is 0.330 e. The van der Waals surface area contributed by atoms with E-state index in [1.54, 1.807) is 66.7 Å². The molecule has 412 valence electrons. The molecule has 1 heterocycles. The van der Waals surface area contributed by atoms with Gasteiger partial charge >= 0.3 is 35.8 Å². The number of carbonyl (C=O) groups excluding carboxylic acids is 6. The molecule has 78 heavy (non-hydrogen) atoms. The predicted molar refractivity (Wildman–Crippen MR) is 294 cm³/mol. The third-order valence-electron chi connectivity index (χ3n) is 13.4. The minimum Gasteiger partial charge on any atom is -0.494 e. The van der Waals surface area contributed by atoms with Crippen molar-refractivity contribution in [3.63, 3.8) is 0 Å². The van der Waals surface area contributed by atoms with Gasteiger partial charge in [0.1, 0.15) is 34.5 Å². The number of esters is 6. The zero-order valence-electron chi connectivity index (χ0n) is 43.8. The van der Waals surface area contributed by atoms with Gasteiger partial charge in [-0.15, -0.1) is 0 Å². The fourth-order valence-electron chi connectivity index (χ4n) is 8.95. The number of benzene rings is 4. The summed E-state index contributed by atoms with van der Waals surface area (Å²) in [5.41, 5.74) is 4.15. The quantitative estimate of drug-likeness (QED) is 0.0118. The number of carbonyl (C=O) groups is 6. The fraction of sp³-hybridized carbons (Fsp3) is 0.400. The van der Waals surface area contributed by atoms with Crippen LogP contribution < -0.4 is 33.8 Å². The van der Waals surface area contributed by atoms with Gasteiger partial charge < -0.3 is 37.9 Å². The van der Waals surface area contributed by atoms with Crippen LogP contribution in [0.15, 0.2) is 121 Å². The number of anilines is 1. The smallest absolute Gasteiger partial charge is 0.330 e. The Morgan fingerprint density at radius 2 is 0.923 bits per heavy atom. The highest BCUT2D eigenvalue weighted by Crippen LogP contribution is 2.35. The number of hydrogen-bond acceptors (Lipinski definition) is 18. The monoisotopic (exact) mass is 1090 g/mol. The Morgan fingerprint density at radius 3 is 1.38 bits per heavy atom. The number of ether oxygens (including phenoxy) is 8. The van der Waals surface area contributed by atoms with Crippen LogP contribution in [0.3, 0.4) is 0 Å². The second-order valence-electron chi connectivity index (χ2n) is 19.0. The number of hydrogen-bond donors (Lipinski definition) is 1. The maximum absolute atomic E-state index is 13.7. The van der Waals surface area contributed by atoms with Gasteiger partial charge in [-0.2, -0.15) is 5.10 Å². The van der Waals surface area contributed by atoms with Crippen LogP contribution in [-0.4, -0.2) is 73.4 Å². The summed E-state index contributed by atoms with van der Waals surface area (Å²) in [4.78, 5) is 80.4. The largest absolute Gasteiger partial charge is 0.494 e. The molecule has 2 aliphatic rings. The molecule has 2 saturated carbocycles. The van der Waals surface area contributed by atoms with E-state index in [0.29, 0.717) is 111 Å². The van der Waals surface area contributed by atoms with E-state index in [1.807, 2.05) is 24.3 Å². The van der Waals surface area contributed by atoms with Crippen molar-refractivity contribution >= 4 is 68.7 Å². The van der Waals surface area contributed by atoms with E-state index in [4.69, 9.17) is 37.9 Å². The Labute approximate surface area is 458 Å². The first kappa shape index (κ1) is 57.8. The molecule has 7 rings (SSSR count). The van der Waals surface area contributed by atoms with Gasteiger partial charge in [0, 0.05) is 17.7 Å². The maximum atomic E-state index is 13.7. The lowest BCUT2D eigenvalue weighted by molar-refractivity contribution is -0.145. The summed E-state index contributed by atoms with van der Waals surface area (Å²) in [6.07, 6.45) is 14.3. The SMILES string of the molecule is C=CC(=O)OCCCCCCOc1ccc(OC(=O)[C@H]2CC[C@H](C(=O)Oc3ccc(OC(=O)[C@H]4CC[C@H](C(=O)Oc5ccc(OCCCCCCOC(=O)C=C)cc5)CC4)c(/C=N/Nc4nc5ccccc5s4)c3)CC2)cc1. The van der Waals surface area contributed by atoms with Crippen molar-refractivity contribution in [2.75, 3.05) is 31.9 Å². The molecule has 0 bridgehead atoms. The zero-order chi connectivity index (χ0) is 54.9. The van der Waals surface area contributed by atoms with Gasteiger partial charge in [-0.3, -0.25) is 24.6 Å². The van der Waals surface area contributed by atoms with Crippen molar-refractivity contribution in [2.45, 2.75) is 103 Å². The van der Waals surface area contributed by atoms with Crippen molar-refractivity contribution < 1.29 is 66.7 Å². The Balaban J connectivity index is 0.852. The zero-order valence-corrected chi connectivity index (χ0v) is 44.6. The van der Waals surface area contributed by atoms with Gasteiger partial charge in [-0.25, -0.2) is 14.6 Å². The summed E-state index contributed by atoms with van der Waals surface area (Å²) in [7, 11) is 0. The third kappa shape index (κ3) is 18.7. The van der Waals surface area contributed by atoms with Crippen molar-refractivity contribution in [1.29, 1.82) is 0 Å². The molecular formula is C60H67N3O14S. The predicted octanol–water partition coefficient (Wildman–Crippen LogP) is 11.7. The molecule has 2 fully saturated rings. The number of aromatic nitrogens is 1. The van der Waals surface area contributed by atoms with Crippen molar-refractivity contribution in [2.24, 2.45) is 28.8 Å². The third-order valence-corrected chi connectivity index (χ3v) is 14.3. The highest BCUT2D eigenvalue weighted by atomic mass is 32.1. The molecule has 18 heteroatoms. The topological polar surface area (TPSA) is 214 Å². The van der Waals surface area contributed by atoms with Gasteiger partial charge in [0.2, 0.25) is 5.13 Å². The molecule has 0 saturated heterocycles. The lowest BCUT2D eigenvalue weighted by Crippen LogP contribution is -2.30. The number of fused-ring (bicyclic) bond motifs is 1. The van der Waals surface area contributed by atoms with E-state index in [9.17, 15) is 28.8 Å². The molecule has 1 N–H and O–H groups in total. The van der Waals surface area contributed by atoms with Gasteiger partial charge in [0.15, 0.2) is 0 Å². The van der Waals surface area contributed by atoms with Crippen molar-refractivity contribution in [3.8, 4) is 34.5 Å². The Morgan fingerprint density at radius 1 is 0.513 bits per heavy atom. The molecule has 0 spiro atoms. The van der Waals surface area contributed by atoms with E-state index in [-0.39, 0.29) is 35.3 Å². The number of unbranched alkanes of at least 4 members (excludes halogenated alkanes) is 6. The summed E-state index contributed by atoms with van der Waals surface area (Å²) < 4.78 is 45.9. The number of rotatable bonds is 29. The number of para-hydroxylation sites is 1. The summed E-state index contributed by atoms with van der Waals surface area (Å²) in [6, 6.07) is 26.2. The first-order valence-electron chi connectivity index (χ1n) is 26.7. The first-order valence-corrected chi connectivity index (χ1v) is 27.5. The Hall–Kier alpha value is -7.86. The number of hydrazone groups is 1. The summed E-state index contributed by atoms with van der Waals surface area (Å²) in [6.45, 7) is 8.57. The highest BCUT2D eigenvalue weighted by molar-refractivity contribution is 7.22. The second kappa shape index (κ2) is 30.8. The summed E-state index contributed by atoms with van der Waals surface area (Å²) in [5.74, 6) is -1.51. The van der Waals surface area contributed by atoms with E-state index >= 15 is 0 Å². The fourth-order valence-corrected chi connectivity index (χ4v) is 9.76. The molecule has 2 aliphatic carbocycles. The number of nitrogens with one attached hydrogen (secondary N) is 1. The lowest BCUT2D eigenvalue weighted by Gasteiger charge is -2.26. The standard InChI is InChI=1S/C60H67N3O14S/c1-3-54(64)72-37-13-7-5-11-35-70-46-25-29-48(30-26-46)74-56(66)41-17-19-43(20-18-41)58(68)76-50-33-34-52(45(39-50)40-61-63-60-62-51-15-9-10-16-53(51)78-60)77-59(69)44-23-21-42(22-24-44)57(67)75-49-31-27-47(28-32-49)71-36-12-6-8-14-38-73-55(65)4-2/h3-4,9-10,15-16,25-34,39-44H,1-2,5-8,11-14,17-24,35-38H2,(H,62,63)/b61-40+/t41-,42-,43-,44-. The van der Waals surface area contributed by atoms with Crippen LogP contribution in [0, 0.1) is 23.7 Å². The van der Waals surface area contributed by atoms with E-state index < -0.39 is 35.7 Å². The van der Waals surface area contributed by atoms with Gasteiger partial charge in [0.05, 0.1) is 66.5 Å². The molecule has 0 amide bonds. The highest BCUT2D eigenvalue weighted by Gasteiger charge is 2.34. The molecule has 5 aromatic rings. The van der Waals surface area contributed by atoms with Gasteiger partial charge in [0.25, 0.3) is 0 Å². The molecule has 0 unspecified atom stereocenters. The molecule has 1 aromatic heterocycles. The van der Waals surface area contributed by atoms with Crippen LogP contribution in [0.5, 0.6) is 34.5 Å².